The van der Waals surface area contributed by atoms with Gasteiger partial charge in [0.05, 0.1) is 6.61 Å². The Balaban J connectivity index is 2.86. The number of nitrogen functional groups attached to an aromatic ring is 1. The number of benzene rings is 1. The van der Waals surface area contributed by atoms with E-state index in [4.69, 9.17) is 16.2 Å². The first-order valence-corrected chi connectivity index (χ1v) is 5.93. The molecule has 0 bridgehead atoms. The maximum atomic E-state index is 13.8. The Bertz CT molecular complexity index is 421. The zero-order chi connectivity index (χ0) is 13.7. The molecule has 0 aliphatic carbocycles. The maximum absolute atomic E-state index is 13.8. The van der Waals surface area contributed by atoms with Crippen LogP contribution in [0.15, 0.2) is 18.2 Å². The number of nitrogens with one attached hydrogen (secondary N) is 1. The smallest absolute Gasteiger partial charge is 0.128 e. The predicted molar refractivity (Wildman–Crippen MR) is 70.0 cm³/mol. The molecule has 18 heavy (non-hydrogen) atoms. The molecule has 4 nitrogen and oxygen atoms in total. The molecule has 0 amide bonds. The van der Waals surface area contributed by atoms with Crippen molar-refractivity contribution in [3.8, 4) is 0 Å². The van der Waals surface area contributed by atoms with Crippen molar-refractivity contribution < 1.29 is 9.50 Å². The Kier molecular flexibility index (Phi) is 5.25. The minimum absolute atomic E-state index is 0.0470. The molecule has 0 aliphatic rings. The Morgan fingerprint density at radius 2 is 2.17 bits per heavy atom. The zero-order valence-corrected chi connectivity index (χ0v) is 10.8. The van der Waals surface area contributed by atoms with E-state index in [2.05, 4.69) is 0 Å². The van der Waals surface area contributed by atoms with Gasteiger partial charge in [0.2, 0.25) is 0 Å². The van der Waals surface area contributed by atoms with E-state index in [-0.39, 0.29) is 24.3 Å². The number of amidine groups is 1. The quantitative estimate of drug-likeness (QED) is 0.528. The molecule has 0 atom stereocenters. The molecule has 0 spiro atoms. The van der Waals surface area contributed by atoms with Crippen LogP contribution in [0.25, 0.3) is 0 Å². The van der Waals surface area contributed by atoms with Gasteiger partial charge >= 0.3 is 0 Å². The third-order valence-electron chi connectivity index (χ3n) is 2.86. The van der Waals surface area contributed by atoms with E-state index < -0.39 is 0 Å². The van der Waals surface area contributed by atoms with E-state index in [1.165, 1.54) is 6.07 Å². The number of rotatable bonds is 6. The molecule has 1 aromatic carbocycles. The number of aliphatic hydroxyl groups excluding tert-OH is 1. The average Bonchev–Trinajstić information content (AvgIpc) is 2.30. The van der Waals surface area contributed by atoms with Gasteiger partial charge in [-0.15, -0.1) is 0 Å². The van der Waals surface area contributed by atoms with Crippen molar-refractivity contribution in [3.05, 3.63) is 35.1 Å². The number of nitrogens with two attached hydrogens (primary N) is 1. The second-order valence-electron chi connectivity index (χ2n) is 4.51. The van der Waals surface area contributed by atoms with Crippen LogP contribution in [-0.2, 0) is 6.54 Å². The molecular weight excluding hydrogens is 233 g/mol. The molecule has 0 unspecified atom stereocenters. The van der Waals surface area contributed by atoms with Crippen LogP contribution in [0, 0.1) is 11.2 Å². The van der Waals surface area contributed by atoms with Crippen LogP contribution in [0.5, 0.6) is 0 Å². The molecule has 5 heteroatoms. The van der Waals surface area contributed by atoms with E-state index in [1.807, 2.05) is 18.7 Å². The highest BCUT2D eigenvalue weighted by Crippen LogP contribution is 2.14. The summed E-state index contributed by atoms with van der Waals surface area (Å²) in [6.45, 7) is 4.98. The van der Waals surface area contributed by atoms with Crippen molar-refractivity contribution in [1.82, 2.24) is 4.90 Å². The summed E-state index contributed by atoms with van der Waals surface area (Å²) in [4.78, 5) is 1.98. The van der Waals surface area contributed by atoms with Gasteiger partial charge in [-0.25, -0.2) is 4.39 Å². The molecule has 0 heterocycles. The lowest BCUT2D eigenvalue weighted by Gasteiger charge is -2.25. The fourth-order valence-corrected chi connectivity index (χ4v) is 1.71. The molecule has 1 aromatic rings. The number of halogens is 1. The SMILES string of the molecule is CC(C)N(CCO)Cc1ccc(C(=N)N)cc1F. The van der Waals surface area contributed by atoms with E-state index in [9.17, 15) is 4.39 Å². The summed E-state index contributed by atoms with van der Waals surface area (Å²) >= 11 is 0. The Hall–Kier alpha value is -1.46. The summed E-state index contributed by atoms with van der Waals surface area (Å²) in [6.07, 6.45) is 0. The molecular formula is C13H20FN3O. The van der Waals surface area contributed by atoms with Crippen molar-refractivity contribution in [2.24, 2.45) is 5.73 Å². The van der Waals surface area contributed by atoms with Crippen molar-refractivity contribution in [1.29, 1.82) is 5.41 Å². The number of aliphatic hydroxyl groups is 1. The predicted octanol–water partition coefficient (Wildman–Crippen LogP) is 1.31. The molecule has 4 N–H and O–H groups in total. The van der Waals surface area contributed by atoms with Crippen LogP contribution in [0.2, 0.25) is 0 Å². The van der Waals surface area contributed by atoms with E-state index in [1.54, 1.807) is 12.1 Å². The van der Waals surface area contributed by atoms with Crippen molar-refractivity contribution >= 4 is 5.84 Å². The normalized spacial score (nSPS) is 11.2. The lowest BCUT2D eigenvalue weighted by atomic mass is 10.1. The first kappa shape index (κ1) is 14.6. The lowest BCUT2D eigenvalue weighted by Crippen LogP contribution is -2.33. The van der Waals surface area contributed by atoms with Crippen molar-refractivity contribution in [2.45, 2.75) is 26.4 Å². The Morgan fingerprint density at radius 1 is 1.50 bits per heavy atom. The summed E-state index contributed by atoms with van der Waals surface area (Å²) in [7, 11) is 0. The molecule has 0 saturated carbocycles. The highest BCUT2D eigenvalue weighted by Gasteiger charge is 2.13. The van der Waals surface area contributed by atoms with Crippen LogP contribution in [-0.4, -0.2) is 35.0 Å². The van der Waals surface area contributed by atoms with Crippen LogP contribution >= 0.6 is 0 Å². The van der Waals surface area contributed by atoms with Crippen LogP contribution < -0.4 is 5.73 Å². The number of nitrogens with zero attached hydrogens (tertiary/aromatic N) is 1. The largest absolute Gasteiger partial charge is 0.395 e. The van der Waals surface area contributed by atoms with Gasteiger partial charge < -0.3 is 10.8 Å². The summed E-state index contributed by atoms with van der Waals surface area (Å²) < 4.78 is 13.8. The van der Waals surface area contributed by atoms with Gasteiger partial charge in [0.25, 0.3) is 0 Å². The van der Waals surface area contributed by atoms with E-state index in [0.29, 0.717) is 24.2 Å². The van der Waals surface area contributed by atoms with Gasteiger partial charge in [-0.05, 0) is 19.9 Å². The molecule has 1 rings (SSSR count). The average molecular weight is 253 g/mol. The van der Waals surface area contributed by atoms with Crippen LogP contribution in [0.1, 0.15) is 25.0 Å². The third-order valence-corrected chi connectivity index (χ3v) is 2.86. The highest BCUT2D eigenvalue weighted by molar-refractivity contribution is 5.94. The standard InChI is InChI=1S/C13H20FN3O/c1-9(2)17(5-6-18)8-11-4-3-10(13(15)16)7-12(11)14/h3-4,7,9,18H,5-6,8H2,1-2H3,(H3,15,16). The first-order valence-electron chi connectivity index (χ1n) is 5.93. The molecule has 0 saturated heterocycles. The first-order chi connectivity index (χ1) is 8.45. The second kappa shape index (κ2) is 6.47. The van der Waals surface area contributed by atoms with E-state index >= 15 is 0 Å². The van der Waals surface area contributed by atoms with Crippen molar-refractivity contribution in [2.75, 3.05) is 13.2 Å². The topological polar surface area (TPSA) is 73.3 Å². The van der Waals surface area contributed by atoms with Crippen molar-refractivity contribution in [3.63, 3.8) is 0 Å². The summed E-state index contributed by atoms with van der Waals surface area (Å²) in [5.74, 6) is -0.511. The minimum atomic E-state index is -0.369. The molecule has 0 radical (unpaired) electrons. The summed E-state index contributed by atoms with van der Waals surface area (Å²) in [5, 5.41) is 16.2. The lowest BCUT2D eigenvalue weighted by molar-refractivity contribution is 0.158. The van der Waals surface area contributed by atoms with Gasteiger partial charge in [0, 0.05) is 30.3 Å². The van der Waals surface area contributed by atoms with Gasteiger partial charge in [-0.1, -0.05) is 12.1 Å². The fourth-order valence-electron chi connectivity index (χ4n) is 1.71. The summed E-state index contributed by atoms with van der Waals surface area (Å²) in [6, 6.07) is 4.77. The van der Waals surface area contributed by atoms with Crippen LogP contribution in [0.3, 0.4) is 0 Å². The van der Waals surface area contributed by atoms with Gasteiger partial charge in [0.1, 0.15) is 11.7 Å². The third kappa shape index (κ3) is 3.78. The molecule has 0 aliphatic heterocycles. The monoisotopic (exact) mass is 253 g/mol. The van der Waals surface area contributed by atoms with Gasteiger partial charge in [-0.2, -0.15) is 0 Å². The summed E-state index contributed by atoms with van der Waals surface area (Å²) in [5.41, 5.74) is 6.23. The van der Waals surface area contributed by atoms with Crippen LogP contribution in [0.4, 0.5) is 4.39 Å². The zero-order valence-electron chi connectivity index (χ0n) is 10.8. The second-order valence-corrected chi connectivity index (χ2v) is 4.51. The molecule has 0 aromatic heterocycles. The van der Waals surface area contributed by atoms with Gasteiger partial charge in [-0.3, -0.25) is 10.3 Å². The molecule has 0 fully saturated rings. The Labute approximate surface area is 107 Å². The fraction of sp³-hybridized carbons (Fsp3) is 0.462. The van der Waals surface area contributed by atoms with E-state index in [0.717, 1.165) is 0 Å². The maximum Gasteiger partial charge on any atom is 0.128 e. The number of hydrogen-bond donors (Lipinski definition) is 3. The number of hydrogen-bond acceptors (Lipinski definition) is 3. The highest BCUT2D eigenvalue weighted by atomic mass is 19.1. The van der Waals surface area contributed by atoms with Gasteiger partial charge in [0.15, 0.2) is 0 Å². The molecule has 100 valence electrons. The Morgan fingerprint density at radius 3 is 2.61 bits per heavy atom. The minimum Gasteiger partial charge on any atom is -0.395 e.